The van der Waals surface area contributed by atoms with Crippen molar-refractivity contribution in [1.82, 2.24) is 10.2 Å². The van der Waals surface area contributed by atoms with Gasteiger partial charge in [-0.05, 0) is 32.4 Å². The minimum Gasteiger partial charge on any atom is -0.373 e. The Morgan fingerprint density at radius 1 is 1.30 bits per heavy atom. The average Bonchev–Trinajstić information content (AvgIpc) is 2.38. The van der Waals surface area contributed by atoms with Crippen LogP contribution in [-0.2, 0) is 4.74 Å². The number of hydrogen-bond donors (Lipinski definition) is 1. The van der Waals surface area contributed by atoms with Gasteiger partial charge in [-0.2, -0.15) is 0 Å². The van der Waals surface area contributed by atoms with E-state index in [0.717, 1.165) is 30.8 Å². The van der Waals surface area contributed by atoms with Crippen molar-refractivity contribution < 1.29 is 9.53 Å². The van der Waals surface area contributed by atoms with Crippen molar-refractivity contribution in [1.29, 1.82) is 0 Å². The molecule has 1 heterocycles. The predicted molar refractivity (Wildman–Crippen MR) is 80.0 cm³/mol. The maximum atomic E-state index is 12.1. The predicted octanol–water partition coefficient (Wildman–Crippen LogP) is 1.83. The largest absolute Gasteiger partial charge is 0.373 e. The van der Waals surface area contributed by atoms with E-state index in [0.29, 0.717) is 6.54 Å². The van der Waals surface area contributed by atoms with Gasteiger partial charge in [0.25, 0.3) is 5.91 Å². The van der Waals surface area contributed by atoms with Gasteiger partial charge in [0.1, 0.15) is 0 Å². The summed E-state index contributed by atoms with van der Waals surface area (Å²) in [6, 6.07) is 7.67. The molecule has 1 aliphatic heterocycles. The highest BCUT2D eigenvalue weighted by Crippen LogP contribution is 2.10. The summed E-state index contributed by atoms with van der Waals surface area (Å²) in [7, 11) is 0. The van der Waals surface area contributed by atoms with Gasteiger partial charge >= 0.3 is 0 Å². The SMILES string of the molecule is Cc1ccccc1C(=O)NCCN1C[C@@H](C)O[C@@H](C)C1. The summed E-state index contributed by atoms with van der Waals surface area (Å²) in [6.07, 6.45) is 0.539. The van der Waals surface area contributed by atoms with Gasteiger partial charge in [0, 0.05) is 31.7 Å². The zero-order chi connectivity index (χ0) is 14.5. The fraction of sp³-hybridized carbons (Fsp3) is 0.562. The topological polar surface area (TPSA) is 41.6 Å². The second-order valence-electron chi connectivity index (χ2n) is 5.59. The molecule has 2 atom stereocenters. The van der Waals surface area contributed by atoms with Crippen molar-refractivity contribution >= 4 is 5.91 Å². The van der Waals surface area contributed by atoms with Crippen LogP contribution in [0.15, 0.2) is 24.3 Å². The summed E-state index contributed by atoms with van der Waals surface area (Å²) in [5.41, 5.74) is 1.77. The standard InChI is InChI=1S/C16H24N2O2/c1-12-6-4-5-7-15(12)16(19)17-8-9-18-10-13(2)20-14(3)11-18/h4-7,13-14H,8-11H2,1-3H3,(H,17,19)/t13-,14+. The lowest BCUT2D eigenvalue weighted by Crippen LogP contribution is -2.47. The van der Waals surface area contributed by atoms with E-state index in [2.05, 4.69) is 24.1 Å². The molecule has 0 unspecified atom stereocenters. The number of morpholine rings is 1. The molecule has 1 aromatic rings. The molecule has 0 aromatic heterocycles. The number of aryl methyl sites for hydroxylation is 1. The molecule has 4 heteroatoms. The first-order chi connectivity index (χ1) is 9.56. The van der Waals surface area contributed by atoms with Crippen LogP contribution in [0.2, 0.25) is 0 Å². The number of carbonyl (C=O) groups is 1. The number of carbonyl (C=O) groups excluding carboxylic acids is 1. The first-order valence-electron chi connectivity index (χ1n) is 7.28. The van der Waals surface area contributed by atoms with Crippen LogP contribution in [-0.4, -0.2) is 49.2 Å². The molecule has 20 heavy (non-hydrogen) atoms. The second-order valence-corrected chi connectivity index (χ2v) is 5.59. The maximum absolute atomic E-state index is 12.1. The monoisotopic (exact) mass is 276 g/mol. The number of ether oxygens (including phenoxy) is 1. The molecular weight excluding hydrogens is 252 g/mol. The van der Waals surface area contributed by atoms with Crippen LogP contribution < -0.4 is 5.32 Å². The molecule has 4 nitrogen and oxygen atoms in total. The number of hydrogen-bond acceptors (Lipinski definition) is 3. The summed E-state index contributed by atoms with van der Waals surface area (Å²) < 4.78 is 5.70. The molecule has 110 valence electrons. The second kappa shape index (κ2) is 6.86. The highest BCUT2D eigenvalue weighted by Gasteiger charge is 2.21. The minimum absolute atomic E-state index is 0.0115. The normalized spacial score (nSPS) is 23.6. The van der Waals surface area contributed by atoms with Crippen LogP contribution in [0.3, 0.4) is 0 Å². The fourth-order valence-electron chi connectivity index (χ4n) is 2.72. The van der Waals surface area contributed by atoms with Crippen molar-refractivity contribution in [3.63, 3.8) is 0 Å². The first-order valence-corrected chi connectivity index (χ1v) is 7.28. The Morgan fingerprint density at radius 2 is 1.95 bits per heavy atom. The molecule has 1 aromatic carbocycles. The van der Waals surface area contributed by atoms with Crippen LogP contribution in [0.25, 0.3) is 0 Å². The molecule has 0 spiro atoms. The van der Waals surface area contributed by atoms with Crippen LogP contribution in [0.5, 0.6) is 0 Å². The quantitative estimate of drug-likeness (QED) is 0.912. The lowest BCUT2D eigenvalue weighted by Gasteiger charge is -2.35. The van der Waals surface area contributed by atoms with Crippen molar-refractivity contribution in [2.75, 3.05) is 26.2 Å². The smallest absolute Gasteiger partial charge is 0.251 e. The van der Waals surface area contributed by atoms with E-state index in [1.165, 1.54) is 0 Å². The van der Waals surface area contributed by atoms with Gasteiger partial charge in [-0.25, -0.2) is 0 Å². The Morgan fingerprint density at radius 3 is 2.60 bits per heavy atom. The fourth-order valence-corrected chi connectivity index (χ4v) is 2.72. The maximum Gasteiger partial charge on any atom is 0.251 e. The molecule has 1 N–H and O–H groups in total. The Balaban J connectivity index is 1.78. The highest BCUT2D eigenvalue weighted by atomic mass is 16.5. The molecular formula is C16H24N2O2. The van der Waals surface area contributed by atoms with Crippen LogP contribution >= 0.6 is 0 Å². The minimum atomic E-state index is 0.0115. The van der Waals surface area contributed by atoms with Crippen LogP contribution in [0.4, 0.5) is 0 Å². The van der Waals surface area contributed by atoms with Gasteiger partial charge in [0.2, 0.25) is 0 Å². The zero-order valence-corrected chi connectivity index (χ0v) is 12.6. The molecule has 1 aliphatic rings. The summed E-state index contributed by atoms with van der Waals surface area (Å²) in [6.45, 7) is 9.56. The third kappa shape index (κ3) is 4.05. The van der Waals surface area contributed by atoms with E-state index in [4.69, 9.17) is 4.74 Å². The van der Waals surface area contributed by atoms with Crippen LogP contribution in [0.1, 0.15) is 29.8 Å². The van der Waals surface area contributed by atoms with Crippen LogP contribution in [0, 0.1) is 6.92 Å². The summed E-state index contributed by atoms with van der Waals surface area (Å²) in [5, 5.41) is 3.00. The van der Waals surface area contributed by atoms with E-state index < -0.39 is 0 Å². The molecule has 0 aliphatic carbocycles. The average molecular weight is 276 g/mol. The van der Waals surface area contributed by atoms with E-state index in [1.807, 2.05) is 31.2 Å². The van der Waals surface area contributed by atoms with E-state index in [-0.39, 0.29) is 18.1 Å². The van der Waals surface area contributed by atoms with Gasteiger partial charge in [-0.15, -0.1) is 0 Å². The third-order valence-electron chi connectivity index (χ3n) is 3.60. The molecule has 1 fully saturated rings. The molecule has 0 radical (unpaired) electrons. The summed E-state index contributed by atoms with van der Waals surface area (Å²) in [5.74, 6) is 0.0115. The van der Waals surface area contributed by atoms with E-state index in [9.17, 15) is 4.79 Å². The molecule has 0 bridgehead atoms. The number of nitrogens with one attached hydrogen (secondary N) is 1. The zero-order valence-electron chi connectivity index (χ0n) is 12.6. The number of rotatable bonds is 4. The van der Waals surface area contributed by atoms with Crippen molar-refractivity contribution in [3.05, 3.63) is 35.4 Å². The van der Waals surface area contributed by atoms with Gasteiger partial charge in [0.05, 0.1) is 12.2 Å². The Hall–Kier alpha value is -1.39. The molecule has 0 saturated carbocycles. The van der Waals surface area contributed by atoms with Crippen molar-refractivity contribution in [3.8, 4) is 0 Å². The van der Waals surface area contributed by atoms with Gasteiger partial charge in [0.15, 0.2) is 0 Å². The molecule has 1 amide bonds. The highest BCUT2D eigenvalue weighted by molar-refractivity contribution is 5.95. The lowest BCUT2D eigenvalue weighted by molar-refractivity contribution is -0.0672. The first kappa shape index (κ1) is 15.0. The lowest BCUT2D eigenvalue weighted by atomic mass is 10.1. The summed E-state index contributed by atoms with van der Waals surface area (Å²) >= 11 is 0. The number of amides is 1. The molecule has 2 rings (SSSR count). The number of benzene rings is 1. The Labute approximate surface area is 121 Å². The van der Waals surface area contributed by atoms with Crippen molar-refractivity contribution in [2.45, 2.75) is 33.0 Å². The van der Waals surface area contributed by atoms with Gasteiger partial charge in [-0.3, -0.25) is 9.69 Å². The Kier molecular flexibility index (Phi) is 5.15. The van der Waals surface area contributed by atoms with Crippen molar-refractivity contribution in [2.24, 2.45) is 0 Å². The van der Waals surface area contributed by atoms with E-state index >= 15 is 0 Å². The Bertz CT molecular complexity index is 452. The molecule has 1 saturated heterocycles. The third-order valence-corrected chi connectivity index (χ3v) is 3.60. The van der Waals surface area contributed by atoms with Gasteiger partial charge < -0.3 is 10.1 Å². The van der Waals surface area contributed by atoms with Gasteiger partial charge in [-0.1, -0.05) is 18.2 Å². The van der Waals surface area contributed by atoms with E-state index in [1.54, 1.807) is 0 Å². The number of nitrogens with zero attached hydrogens (tertiary/aromatic N) is 1. The summed E-state index contributed by atoms with van der Waals surface area (Å²) in [4.78, 5) is 14.4.